The lowest BCUT2D eigenvalue weighted by molar-refractivity contribution is -0.137. The molecule has 2 N–H and O–H groups in total. The maximum Gasteiger partial charge on any atom is 0.303 e. The van der Waals surface area contributed by atoms with Crippen LogP contribution in [0, 0.1) is 5.92 Å². The van der Waals surface area contributed by atoms with Crippen molar-refractivity contribution in [2.45, 2.75) is 58.8 Å². The van der Waals surface area contributed by atoms with Gasteiger partial charge in [-0.3, -0.25) is 9.59 Å². The summed E-state index contributed by atoms with van der Waals surface area (Å²) in [6.45, 7) is 4.93. The van der Waals surface area contributed by atoms with Crippen molar-refractivity contribution in [2.24, 2.45) is 5.92 Å². The molecule has 0 rings (SSSR count). The van der Waals surface area contributed by atoms with Crippen LogP contribution in [0.25, 0.3) is 0 Å². The Morgan fingerprint density at radius 2 is 1.71 bits per heavy atom. The normalized spacial score (nSPS) is 10.5. The smallest absolute Gasteiger partial charge is 0.303 e. The summed E-state index contributed by atoms with van der Waals surface area (Å²) in [5, 5.41) is 11.3. The van der Waals surface area contributed by atoms with E-state index in [1.54, 1.807) is 0 Å². The van der Waals surface area contributed by atoms with Crippen LogP contribution in [0.4, 0.5) is 0 Å². The Morgan fingerprint density at radius 1 is 1.06 bits per heavy atom. The molecule has 4 heteroatoms. The quantitative estimate of drug-likeness (QED) is 0.579. The Kier molecular flexibility index (Phi) is 9.49. The Bertz CT molecular complexity index is 227. The van der Waals surface area contributed by atoms with Crippen molar-refractivity contribution in [3.63, 3.8) is 0 Å². The second-order valence-corrected chi connectivity index (χ2v) is 4.84. The van der Waals surface area contributed by atoms with Gasteiger partial charge in [0.1, 0.15) is 0 Å². The minimum absolute atomic E-state index is 0.129. The second kappa shape index (κ2) is 10.1. The first-order valence-corrected chi connectivity index (χ1v) is 6.51. The van der Waals surface area contributed by atoms with E-state index < -0.39 is 5.97 Å². The van der Waals surface area contributed by atoms with Gasteiger partial charge in [0, 0.05) is 19.4 Å². The van der Waals surface area contributed by atoms with Gasteiger partial charge in [0.05, 0.1) is 0 Å². The molecule has 0 aliphatic heterocycles. The van der Waals surface area contributed by atoms with Gasteiger partial charge in [-0.2, -0.15) is 0 Å². The van der Waals surface area contributed by atoms with Crippen LogP contribution in [-0.4, -0.2) is 23.5 Å². The van der Waals surface area contributed by atoms with Crippen LogP contribution in [0.2, 0.25) is 0 Å². The molecule has 0 spiro atoms. The minimum atomic E-state index is -0.730. The fourth-order valence-electron chi connectivity index (χ4n) is 1.49. The van der Waals surface area contributed by atoms with Crippen LogP contribution in [0.15, 0.2) is 0 Å². The number of aliphatic carboxylic acids is 1. The fraction of sp³-hybridized carbons (Fsp3) is 0.846. The van der Waals surface area contributed by atoms with E-state index in [1.807, 2.05) is 0 Å². The van der Waals surface area contributed by atoms with Gasteiger partial charge in [-0.25, -0.2) is 0 Å². The molecule has 0 fully saturated rings. The molecule has 0 radical (unpaired) electrons. The van der Waals surface area contributed by atoms with E-state index in [4.69, 9.17) is 5.11 Å². The molecule has 0 heterocycles. The topological polar surface area (TPSA) is 66.4 Å². The Labute approximate surface area is 104 Å². The molecule has 0 aromatic carbocycles. The zero-order valence-electron chi connectivity index (χ0n) is 11.0. The lowest BCUT2D eigenvalue weighted by Crippen LogP contribution is -2.24. The number of rotatable bonds is 10. The summed E-state index contributed by atoms with van der Waals surface area (Å²) >= 11 is 0. The van der Waals surface area contributed by atoms with E-state index in [0.29, 0.717) is 18.9 Å². The van der Waals surface area contributed by atoms with Gasteiger partial charge in [0.2, 0.25) is 5.91 Å². The summed E-state index contributed by atoms with van der Waals surface area (Å²) in [7, 11) is 0. The fourth-order valence-corrected chi connectivity index (χ4v) is 1.49. The number of carboxylic acid groups (broad SMARTS) is 1. The van der Waals surface area contributed by atoms with E-state index in [0.717, 1.165) is 32.1 Å². The predicted molar refractivity (Wildman–Crippen MR) is 67.8 cm³/mol. The molecular formula is C13H25NO3. The predicted octanol–water partition coefficient (Wildman–Crippen LogP) is 2.57. The second-order valence-electron chi connectivity index (χ2n) is 4.84. The summed E-state index contributed by atoms with van der Waals surface area (Å²) < 4.78 is 0. The summed E-state index contributed by atoms with van der Waals surface area (Å²) in [6.07, 6.45) is 5.37. The maximum atomic E-state index is 11.3. The summed E-state index contributed by atoms with van der Waals surface area (Å²) in [4.78, 5) is 21.6. The van der Waals surface area contributed by atoms with Crippen LogP contribution < -0.4 is 5.32 Å². The number of hydrogen-bond donors (Lipinski definition) is 2. The number of carbonyl (C=O) groups excluding carboxylic acids is 1. The van der Waals surface area contributed by atoms with Gasteiger partial charge in [0.25, 0.3) is 0 Å². The van der Waals surface area contributed by atoms with Gasteiger partial charge < -0.3 is 10.4 Å². The van der Waals surface area contributed by atoms with Crippen molar-refractivity contribution in [3.8, 4) is 0 Å². The largest absolute Gasteiger partial charge is 0.481 e. The van der Waals surface area contributed by atoms with Crippen molar-refractivity contribution in [1.82, 2.24) is 5.32 Å². The lowest BCUT2D eigenvalue weighted by Gasteiger charge is -2.06. The van der Waals surface area contributed by atoms with E-state index in [2.05, 4.69) is 19.2 Å². The molecule has 1 amide bonds. The van der Waals surface area contributed by atoms with E-state index in [1.165, 1.54) is 0 Å². The molecule has 0 atom stereocenters. The maximum absolute atomic E-state index is 11.3. The molecule has 0 unspecified atom stereocenters. The van der Waals surface area contributed by atoms with Crippen LogP contribution in [0.3, 0.4) is 0 Å². The highest BCUT2D eigenvalue weighted by Gasteiger charge is 2.02. The van der Waals surface area contributed by atoms with Crippen molar-refractivity contribution in [2.75, 3.05) is 6.54 Å². The summed E-state index contributed by atoms with van der Waals surface area (Å²) in [5.41, 5.74) is 0. The molecule has 0 saturated carbocycles. The van der Waals surface area contributed by atoms with E-state index >= 15 is 0 Å². The highest BCUT2D eigenvalue weighted by Crippen LogP contribution is 2.04. The highest BCUT2D eigenvalue weighted by atomic mass is 16.4. The average molecular weight is 243 g/mol. The third kappa shape index (κ3) is 12.9. The van der Waals surface area contributed by atoms with Crippen LogP contribution in [0.5, 0.6) is 0 Å². The SMILES string of the molecule is CC(C)CCC(=O)NCCCCCCC(=O)O. The van der Waals surface area contributed by atoms with Gasteiger partial charge in [-0.15, -0.1) is 0 Å². The molecule has 0 bridgehead atoms. The van der Waals surface area contributed by atoms with Gasteiger partial charge >= 0.3 is 5.97 Å². The average Bonchev–Trinajstić information content (AvgIpc) is 2.24. The van der Waals surface area contributed by atoms with Crippen molar-refractivity contribution >= 4 is 11.9 Å². The number of hydrogen-bond acceptors (Lipinski definition) is 2. The van der Waals surface area contributed by atoms with Gasteiger partial charge in [-0.05, 0) is 25.2 Å². The molecule has 4 nitrogen and oxygen atoms in total. The van der Waals surface area contributed by atoms with Gasteiger partial charge in [-0.1, -0.05) is 26.7 Å². The highest BCUT2D eigenvalue weighted by molar-refractivity contribution is 5.75. The Balaban J connectivity index is 3.22. The van der Waals surface area contributed by atoms with Crippen LogP contribution in [0.1, 0.15) is 58.8 Å². The Hall–Kier alpha value is -1.06. The van der Waals surface area contributed by atoms with Crippen LogP contribution in [-0.2, 0) is 9.59 Å². The molecule has 17 heavy (non-hydrogen) atoms. The number of nitrogens with one attached hydrogen (secondary N) is 1. The van der Waals surface area contributed by atoms with Crippen molar-refractivity contribution < 1.29 is 14.7 Å². The number of carbonyl (C=O) groups is 2. The minimum Gasteiger partial charge on any atom is -0.481 e. The van der Waals surface area contributed by atoms with Crippen molar-refractivity contribution in [3.05, 3.63) is 0 Å². The molecule has 0 aliphatic carbocycles. The summed E-state index contributed by atoms with van der Waals surface area (Å²) in [6, 6.07) is 0. The molecule has 0 aliphatic rings. The van der Waals surface area contributed by atoms with E-state index in [9.17, 15) is 9.59 Å². The zero-order chi connectivity index (χ0) is 13.1. The van der Waals surface area contributed by atoms with E-state index in [-0.39, 0.29) is 12.3 Å². The molecule has 0 aromatic heterocycles. The monoisotopic (exact) mass is 243 g/mol. The molecule has 0 aromatic rings. The van der Waals surface area contributed by atoms with Crippen molar-refractivity contribution in [1.29, 1.82) is 0 Å². The molecule has 100 valence electrons. The van der Waals surface area contributed by atoms with Gasteiger partial charge in [0.15, 0.2) is 0 Å². The third-order valence-corrected chi connectivity index (χ3v) is 2.59. The first kappa shape index (κ1) is 15.9. The first-order valence-electron chi connectivity index (χ1n) is 6.51. The first-order chi connectivity index (χ1) is 8.02. The standard InChI is InChI=1S/C13H25NO3/c1-11(2)8-9-12(15)14-10-6-4-3-5-7-13(16)17/h11H,3-10H2,1-2H3,(H,14,15)(H,16,17). The zero-order valence-corrected chi connectivity index (χ0v) is 11.0. The number of unbranched alkanes of at least 4 members (excludes halogenated alkanes) is 3. The van der Waals surface area contributed by atoms with Crippen LogP contribution >= 0.6 is 0 Å². The molecule has 0 saturated heterocycles. The molecular weight excluding hydrogens is 218 g/mol. The Morgan fingerprint density at radius 3 is 2.29 bits per heavy atom. The number of carboxylic acids is 1. The summed E-state index contributed by atoms with van der Waals surface area (Å²) in [5.74, 6) is -0.0343. The third-order valence-electron chi connectivity index (χ3n) is 2.59. The number of amides is 1. The lowest BCUT2D eigenvalue weighted by atomic mass is 10.1.